The fraction of sp³-hybridized carbons (Fsp3) is 0.438. The number of nitrogens with zero attached hydrogens (tertiary/aromatic N) is 1. The summed E-state index contributed by atoms with van der Waals surface area (Å²) in [6.45, 7) is 3.76. The number of rotatable bonds is 7. The zero-order valence-corrected chi connectivity index (χ0v) is 13.6. The van der Waals surface area contributed by atoms with Gasteiger partial charge in [0.2, 0.25) is 5.91 Å². The standard InChI is InChI=1S/C16H19ClN2O3/c1-10(2)22-15-5-4-11(8-13(15)17)14(20)9-12(6-7-18)16(21)19-3/h4-5,8,10,12H,6,9H2,1-3H3,(H,19,21)/t12-/m1/s1. The zero-order chi connectivity index (χ0) is 16.7. The third kappa shape index (κ3) is 5.05. The summed E-state index contributed by atoms with van der Waals surface area (Å²) in [5.74, 6) is -0.705. The number of amides is 1. The molecule has 22 heavy (non-hydrogen) atoms. The Kier molecular flexibility index (Phi) is 6.87. The lowest BCUT2D eigenvalue weighted by Gasteiger charge is -2.13. The number of carbonyl (C=O) groups excluding carboxylic acids is 2. The maximum atomic E-state index is 12.2. The van der Waals surface area contributed by atoms with Crippen molar-refractivity contribution in [3.8, 4) is 11.8 Å². The normalized spacial score (nSPS) is 11.6. The van der Waals surface area contributed by atoms with Crippen LogP contribution in [0.25, 0.3) is 0 Å². The topological polar surface area (TPSA) is 79.2 Å². The summed E-state index contributed by atoms with van der Waals surface area (Å²) in [4.78, 5) is 23.9. The van der Waals surface area contributed by atoms with Crippen molar-refractivity contribution < 1.29 is 14.3 Å². The van der Waals surface area contributed by atoms with Crippen LogP contribution in [0.4, 0.5) is 0 Å². The van der Waals surface area contributed by atoms with Gasteiger partial charge in [0.25, 0.3) is 0 Å². The summed E-state index contributed by atoms with van der Waals surface area (Å²) in [6.07, 6.45) is -0.0611. The number of Topliss-reactive ketones (excluding diaryl/α,β-unsaturated/α-hetero) is 1. The molecule has 0 heterocycles. The Morgan fingerprint density at radius 2 is 2.09 bits per heavy atom. The van der Waals surface area contributed by atoms with Gasteiger partial charge in [0.15, 0.2) is 5.78 Å². The molecule has 0 bridgehead atoms. The highest BCUT2D eigenvalue weighted by molar-refractivity contribution is 6.32. The van der Waals surface area contributed by atoms with Crippen LogP contribution < -0.4 is 10.1 Å². The molecule has 1 amide bonds. The van der Waals surface area contributed by atoms with Gasteiger partial charge in [-0.2, -0.15) is 5.26 Å². The lowest BCUT2D eigenvalue weighted by Crippen LogP contribution is -2.29. The van der Waals surface area contributed by atoms with Gasteiger partial charge < -0.3 is 10.1 Å². The minimum absolute atomic E-state index is 0.00626. The quantitative estimate of drug-likeness (QED) is 0.783. The maximum Gasteiger partial charge on any atom is 0.224 e. The molecule has 1 atom stereocenters. The van der Waals surface area contributed by atoms with Crippen molar-refractivity contribution in [2.75, 3.05) is 7.05 Å². The lowest BCUT2D eigenvalue weighted by molar-refractivity contribution is -0.124. The molecule has 0 aliphatic rings. The highest BCUT2D eigenvalue weighted by Gasteiger charge is 2.22. The Bertz CT molecular complexity index is 594. The van der Waals surface area contributed by atoms with Gasteiger partial charge in [0.05, 0.1) is 23.1 Å². The number of carbonyl (C=O) groups is 2. The Morgan fingerprint density at radius 3 is 2.59 bits per heavy atom. The number of ether oxygens (including phenoxy) is 1. The third-order valence-electron chi connectivity index (χ3n) is 3.00. The van der Waals surface area contributed by atoms with E-state index in [9.17, 15) is 9.59 Å². The second-order valence-electron chi connectivity index (χ2n) is 5.11. The lowest BCUT2D eigenvalue weighted by atomic mass is 9.95. The average Bonchev–Trinajstić information content (AvgIpc) is 2.47. The van der Waals surface area contributed by atoms with Crippen molar-refractivity contribution in [2.45, 2.75) is 32.8 Å². The van der Waals surface area contributed by atoms with Gasteiger partial charge in [-0.05, 0) is 32.0 Å². The summed E-state index contributed by atoms with van der Waals surface area (Å²) >= 11 is 6.10. The van der Waals surface area contributed by atoms with Gasteiger partial charge in [-0.25, -0.2) is 0 Å². The molecule has 0 saturated heterocycles. The SMILES string of the molecule is CNC(=O)[C@H](CC#N)CC(=O)c1ccc(OC(C)C)c(Cl)c1. The van der Waals surface area contributed by atoms with Crippen molar-refractivity contribution in [1.82, 2.24) is 5.32 Å². The first kappa shape index (κ1) is 18.0. The van der Waals surface area contributed by atoms with Crippen LogP contribution in [0, 0.1) is 17.2 Å². The number of benzene rings is 1. The van der Waals surface area contributed by atoms with Crippen LogP contribution in [-0.2, 0) is 4.79 Å². The summed E-state index contributed by atoms with van der Waals surface area (Å²) in [5, 5.41) is 11.6. The van der Waals surface area contributed by atoms with Crippen LogP contribution >= 0.6 is 11.6 Å². The Hall–Kier alpha value is -2.06. The first-order valence-corrected chi connectivity index (χ1v) is 7.34. The highest BCUT2D eigenvalue weighted by Crippen LogP contribution is 2.27. The molecule has 6 heteroatoms. The van der Waals surface area contributed by atoms with Gasteiger partial charge in [-0.1, -0.05) is 11.6 Å². The summed E-state index contributed by atoms with van der Waals surface area (Å²) in [5.41, 5.74) is 0.396. The molecule has 1 N–H and O–H groups in total. The van der Waals surface area contributed by atoms with Gasteiger partial charge in [0.1, 0.15) is 5.75 Å². The highest BCUT2D eigenvalue weighted by atomic mass is 35.5. The monoisotopic (exact) mass is 322 g/mol. The van der Waals surface area contributed by atoms with E-state index in [0.717, 1.165) is 0 Å². The summed E-state index contributed by atoms with van der Waals surface area (Å²) < 4.78 is 5.50. The largest absolute Gasteiger partial charge is 0.489 e. The average molecular weight is 323 g/mol. The van der Waals surface area contributed by atoms with Crippen molar-refractivity contribution >= 4 is 23.3 Å². The van der Waals surface area contributed by atoms with Crippen LogP contribution in [0.1, 0.15) is 37.0 Å². The van der Waals surface area contributed by atoms with E-state index in [0.29, 0.717) is 16.3 Å². The first-order chi connectivity index (χ1) is 10.4. The Morgan fingerprint density at radius 1 is 1.41 bits per heavy atom. The Balaban J connectivity index is 2.87. The van der Waals surface area contributed by atoms with E-state index in [2.05, 4.69) is 5.32 Å². The Labute approximate surface area is 135 Å². The predicted octanol–water partition coefficient (Wildman–Crippen LogP) is 2.98. The summed E-state index contributed by atoms with van der Waals surface area (Å²) in [7, 11) is 1.48. The summed E-state index contributed by atoms with van der Waals surface area (Å²) in [6, 6.07) is 6.69. The molecule has 0 aliphatic heterocycles. The van der Waals surface area contributed by atoms with Gasteiger partial charge >= 0.3 is 0 Å². The van der Waals surface area contributed by atoms with Crippen LogP contribution in [0.3, 0.4) is 0 Å². The van der Waals surface area contributed by atoms with Crippen molar-refractivity contribution in [1.29, 1.82) is 5.26 Å². The minimum Gasteiger partial charge on any atom is -0.489 e. The zero-order valence-electron chi connectivity index (χ0n) is 12.9. The molecule has 0 fully saturated rings. The van der Waals surface area contributed by atoms with Crippen molar-refractivity contribution in [3.63, 3.8) is 0 Å². The van der Waals surface area contributed by atoms with E-state index in [4.69, 9.17) is 21.6 Å². The number of ketones is 1. The van der Waals surface area contributed by atoms with Crippen LogP contribution in [0.15, 0.2) is 18.2 Å². The smallest absolute Gasteiger partial charge is 0.224 e. The molecule has 1 aromatic carbocycles. The molecule has 0 unspecified atom stereocenters. The molecule has 0 spiro atoms. The number of hydrogen-bond acceptors (Lipinski definition) is 4. The van der Waals surface area contributed by atoms with E-state index in [-0.39, 0.29) is 30.6 Å². The van der Waals surface area contributed by atoms with Crippen LogP contribution in [0.5, 0.6) is 5.75 Å². The molecule has 118 valence electrons. The third-order valence-corrected chi connectivity index (χ3v) is 3.30. The number of hydrogen-bond donors (Lipinski definition) is 1. The minimum atomic E-state index is -0.659. The molecule has 1 aromatic rings. The second-order valence-corrected chi connectivity index (χ2v) is 5.52. The first-order valence-electron chi connectivity index (χ1n) is 6.97. The van der Waals surface area contributed by atoms with E-state index < -0.39 is 5.92 Å². The van der Waals surface area contributed by atoms with E-state index in [1.165, 1.54) is 13.1 Å². The van der Waals surface area contributed by atoms with Crippen molar-refractivity contribution in [3.05, 3.63) is 28.8 Å². The van der Waals surface area contributed by atoms with E-state index in [1.807, 2.05) is 19.9 Å². The fourth-order valence-corrected chi connectivity index (χ4v) is 2.16. The molecule has 0 aliphatic carbocycles. The number of nitriles is 1. The molecule has 0 saturated carbocycles. The molecular formula is C16H19ClN2O3. The molecular weight excluding hydrogens is 304 g/mol. The van der Waals surface area contributed by atoms with Gasteiger partial charge in [0, 0.05) is 25.5 Å². The number of nitrogens with one attached hydrogen (secondary N) is 1. The van der Waals surface area contributed by atoms with Crippen LogP contribution in [0.2, 0.25) is 5.02 Å². The van der Waals surface area contributed by atoms with Crippen molar-refractivity contribution in [2.24, 2.45) is 5.92 Å². The second kappa shape index (κ2) is 8.40. The predicted molar refractivity (Wildman–Crippen MR) is 84.0 cm³/mol. The number of halogens is 1. The maximum absolute atomic E-state index is 12.2. The molecule has 0 aromatic heterocycles. The van der Waals surface area contributed by atoms with E-state index in [1.54, 1.807) is 12.1 Å². The molecule has 1 rings (SSSR count). The fourth-order valence-electron chi connectivity index (χ4n) is 1.94. The van der Waals surface area contributed by atoms with Gasteiger partial charge in [-0.15, -0.1) is 0 Å². The molecule has 5 nitrogen and oxygen atoms in total. The van der Waals surface area contributed by atoms with E-state index >= 15 is 0 Å². The van der Waals surface area contributed by atoms with Gasteiger partial charge in [-0.3, -0.25) is 9.59 Å². The molecule has 0 radical (unpaired) electrons. The van der Waals surface area contributed by atoms with Crippen LogP contribution in [-0.4, -0.2) is 24.8 Å².